The number of benzene rings is 4. The van der Waals surface area contributed by atoms with Gasteiger partial charge in [-0.25, -0.2) is 31.5 Å². The lowest BCUT2D eigenvalue weighted by molar-refractivity contribution is -0.120. The average molecular weight is 900 g/mol. The number of thioether (sulfide) groups is 1. The standard InChI is InChI=1S/C42H44F3N5O8S3/c43-34-35(44)39(61(46,55)56)37(49-23-8-4-2-1-3-5-9-23)36(45)38(34)60-19-16-33(53)47-17-6-7-18-48-41(59)50-24-10-13-28-27(20-24)40(54)58-42(28)29-21-25(51)11-14-31(29)57-32-15-12-26(52)22-30(32)42/h10-15,20-23,49,51-52H,1-9,16-19H2,(H,47,53)(H2,46,55,56)(H2,48,50,59). The van der Waals surface area contributed by atoms with E-state index >= 15 is 13.2 Å². The number of phenolic OH excluding ortho intramolecular Hbond substituents is 2. The molecule has 0 radical (unpaired) electrons. The number of hydrogen-bond donors (Lipinski definition) is 7. The lowest BCUT2D eigenvalue weighted by atomic mass is 9.77. The van der Waals surface area contributed by atoms with Crippen LogP contribution < -0.4 is 31.1 Å². The zero-order valence-corrected chi connectivity index (χ0v) is 35.2. The first-order valence-corrected chi connectivity index (χ1v) is 22.8. The Balaban J connectivity index is 0.886. The van der Waals surface area contributed by atoms with Crippen LogP contribution in [0.2, 0.25) is 0 Å². The molecule has 0 unspecified atom stereocenters. The fourth-order valence-electron chi connectivity index (χ4n) is 7.91. The number of sulfonamides is 1. The summed E-state index contributed by atoms with van der Waals surface area (Å²) in [7, 11) is -4.83. The Hall–Kier alpha value is -5.24. The number of rotatable bonds is 13. The Morgan fingerprint density at radius 2 is 1.48 bits per heavy atom. The van der Waals surface area contributed by atoms with Crippen LogP contribution in [-0.4, -0.2) is 60.5 Å². The second-order valence-corrected chi connectivity index (χ2v) is 18.0. The van der Waals surface area contributed by atoms with E-state index in [1.165, 1.54) is 24.3 Å². The number of phenols is 2. The van der Waals surface area contributed by atoms with Gasteiger partial charge in [0.25, 0.3) is 0 Å². The maximum absolute atomic E-state index is 15.7. The number of amides is 1. The van der Waals surface area contributed by atoms with Crippen LogP contribution in [-0.2, 0) is 25.2 Å². The molecule has 1 amide bonds. The number of fused-ring (bicyclic) bond motifs is 6. The van der Waals surface area contributed by atoms with Crippen LogP contribution in [0.25, 0.3) is 0 Å². The quantitative estimate of drug-likeness (QED) is 0.0227. The Kier molecular flexibility index (Phi) is 13.2. The Morgan fingerprint density at radius 1 is 0.852 bits per heavy atom. The average Bonchev–Trinajstić information content (AvgIpc) is 3.49. The number of carbonyl (C=O) groups is 2. The maximum Gasteiger partial charge on any atom is 0.340 e. The maximum atomic E-state index is 15.7. The molecule has 3 aliphatic rings. The Labute approximate surface area is 360 Å². The van der Waals surface area contributed by atoms with E-state index < -0.39 is 60.4 Å². The van der Waals surface area contributed by atoms with Crippen molar-refractivity contribution in [3.8, 4) is 23.0 Å². The monoisotopic (exact) mass is 899 g/mol. The molecule has 4 aromatic rings. The summed E-state index contributed by atoms with van der Waals surface area (Å²) in [4.78, 5) is 24.0. The van der Waals surface area contributed by atoms with E-state index in [1.54, 1.807) is 30.3 Å². The molecule has 1 saturated carbocycles. The van der Waals surface area contributed by atoms with E-state index in [1.807, 2.05) is 0 Å². The summed E-state index contributed by atoms with van der Waals surface area (Å²) in [5, 5.41) is 37.9. The molecule has 324 valence electrons. The summed E-state index contributed by atoms with van der Waals surface area (Å²) in [6.07, 6.45) is 6.82. The van der Waals surface area contributed by atoms with Gasteiger partial charge in [-0.05, 0) is 86.4 Å². The van der Waals surface area contributed by atoms with Gasteiger partial charge in [0.05, 0.1) is 27.3 Å². The molecule has 0 saturated heterocycles. The van der Waals surface area contributed by atoms with E-state index in [0.29, 0.717) is 84.4 Å². The van der Waals surface area contributed by atoms with Crippen LogP contribution in [0.4, 0.5) is 24.5 Å². The minimum Gasteiger partial charge on any atom is -0.508 e. The second-order valence-electron chi connectivity index (χ2n) is 15.0. The lowest BCUT2D eigenvalue weighted by Gasteiger charge is -2.36. The highest BCUT2D eigenvalue weighted by atomic mass is 32.2. The minimum atomic E-state index is -4.83. The van der Waals surface area contributed by atoms with E-state index in [-0.39, 0.29) is 40.4 Å². The molecule has 13 nitrogen and oxygen atoms in total. The number of nitrogens with one attached hydrogen (secondary N) is 4. The van der Waals surface area contributed by atoms with E-state index in [0.717, 1.165) is 32.1 Å². The summed E-state index contributed by atoms with van der Waals surface area (Å²) >= 11 is 6.04. The van der Waals surface area contributed by atoms with Crippen molar-refractivity contribution >= 4 is 62.4 Å². The van der Waals surface area contributed by atoms with Crippen LogP contribution in [0.5, 0.6) is 23.0 Å². The fraction of sp³-hybridized carbons (Fsp3) is 0.357. The van der Waals surface area contributed by atoms with E-state index in [9.17, 15) is 28.2 Å². The van der Waals surface area contributed by atoms with Gasteiger partial charge >= 0.3 is 5.97 Å². The molecule has 2 aliphatic heterocycles. The number of ether oxygens (including phenoxy) is 2. The molecule has 8 N–H and O–H groups in total. The zero-order chi connectivity index (χ0) is 43.5. The molecular formula is C42H44F3N5O8S3. The predicted molar refractivity (Wildman–Crippen MR) is 227 cm³/mol. The van der Waals surface area contributed by atoms with Crippen LogP contribution in [0.15, 0.2) is 64.4 Å². The molecule has 0 aromatic heterocycles. The van der Waals surface area contributed by atoms with Gasteiger partial charge < -0.3 is 41.0 Å². The number of primary sulfonamides is 1. The Morgan fingerprint density at radius 3 is 2.11 bits per heavy atom. The molecule has 0 bridgehead atoms. The highest BCUT2D eigenvalue weighted by Crippen LogP contribution is 2.57. The predicted octanol–water partition coefficient (Wildman–Crippen LogP) is 7.62. The summed E-state index contributed by atoms with van der Waals surface area (Å²) in [6.45, 7) is 0.729. The SMILES string of the molecule is NS(=O)(=O)c1c(F)c(F)c(SCCC(=O)NCCCCNC(=S)Nc2ccc3c(c2)C(=O)OC32c3cc(O)ccc3Oc3ccc(O)cc32)c(F)c1NC1CCCCCCC1. The number of nitrogens with two attached hydrogens (primary N) is 1. The van der Waals surface area contributed by atoms with Gasteiger partial charge in [0, 0.05) is 42.6 Å². The molecule has 61 heavy (non-hydrogen) atoms. The molecule has 4 aromatic carbocycles. The van der Waals surface area contributed by atoms with Gasteiger partial charge in [-0.2, -0.15) is 0 Å². The van der Waals surface area contributed by atoms with Gasteiger partial charge in [0.15, 0.2) is 28.2 Å². The first-order chi connectivity index (χ1) is 29.2. The fourth-order valence-corrected chi connectivity index (χ4v) is 9.84. The number of halogens is 3. The van der Waals surface area contributed by atoms with Gasteiger partial charge in [0.1, 0.15) is 27.9 Å². The lowest BCUT2D eigenvalue weighted by Crippen LogP contribution is -2.33. The van der Waals surface area contributed by atoms with Crippen LogP contribution >= 0.6 is 24.0 Å². The van der Waals surface area contributed by atoms with Crippen molar-refractivity contribution < 1.29 is 50.9 Å². The van der Waals surface area contributed by atoms with Crippen molar-refractivity contribution in [1.82, 2.24) is 10.6 Å². The van der Waals surface area contributed by atoms with Crippen molar-refractivity contribution in [2.24, 2.45) is 5.14 Å². The van der Waals surface area contributed by atoms with Crippen molar-refractivity contribution in [3.05, 3.63) is 94.3 Å². The van der Waals surface area contributed by atoms with Gasteiger partial charge in [-0.15, -0.1) is 11.8 Å². The molecule has 1 spiro atoms. The third-order valence-electron chi connectivity index (χ3n) is 10.8. The number of unbranched alkanes of at least 4 members (excludes halogenated alkanes) is 1. The highest BCUT2D eigenvalue weighted by molar-refractivity contribution is 7.99. The number of carbonyl (C=O) groups excluding carboxylic acids is 2. The van der Waals surface area contributed by atoms with Crippen molar-refractivity contribution in [1.29, 1.82) is 0 Å². The van der Waals surface area contributed by atoms with E-state index in [2.05, 4.69) is 21.3 Å². The number of thiocarbonyl (C=S) groups is 1. The van der Waals surface area contributed by atoms with Crippen LogP contribution in [0, 0.1) is 17.5 Å². The molecule has 1 fully saturated rings. The van der Waals surface area contributed by atoms with Crippen molar-refractivity contribution in [2.75, 3.05) is 29.5 Å². The molecule has 7 rings (SSSR count). The molecule has 1 aliphatic carbocycles. The highest BCUT2D eigenvalue weighted by Gasteiger charge is 2.54. The second kappa shape index (κ2) is 18.4. The summed E-state index contributed by atoms with van der Waals surface area (Å²) in [6, 6.07) is 13.7. The summed E-state index contributed by atoms with van der Waals surface area (Å²) in [5.74, 6) is -5.22. The number of aromatic hydroxyl groups is 2. The first-order valence-electron chi connectivity index (χ1n) is 19.8. The molecule has 0 atom stereocenters. The summed E-state index contributed by atoms with van der Waals surface area (Å²) < 4.78 is 82.6. The third kappa shape index (κ3) is 9.34. The first kappa shape index (κ1) is 43.8. The minimum absolute atomic E-state index is 0.0631. The summed E-state index contributed by atoms with van der Waals surface area (Å²) in [5.41, 5.74) is -0.164. The third-order valence-corrected chi connectivity index (χ3v) is 13.0. The Bertz CT molecular complexity index is 2430. The van der Waals surface area contributed by atoms with Gasteiger partial charge in [-0.3, -0.25) is 4.79 Å². The van der Waals surface area contributed by atoms with Gasteiger partial charge in [-0.1, -0.05) is 38.2 Å². The smallest absolute Gasteiger partial charge is 0.340 e. The van der Waals surface area contributed by atoms with Gasteiger partial charge in [0.2, 0.25) is 15.9 Å². The normalized spacial score (nSPS) is 15.6. The van der Waals surface area contributed by atoms with Crippen molar-refractivity contribution in [2.45, 2.75) is 85.6 Å². The number of esters is 1. The van der Waals surface area contributed by atoms with Crippen LogP contribution in [0.3, 0.4) is 0 Å². The van der Waals surface area contributed by atoms with E-state index in [4.69, 9.17) is 26.8 Å². The number of anilines is 2. The number of hydrogen-bond acceptors (Lipinski definition) is 11. The zero-order valence-electron chi connectivity index (χ0n) is 32.7. The molecule has 19 heteroatoms. The topological polar surface area (TPSA) is 201 Å². The largest absolute Gasteiger partial charge is 0.508 e. The van der Waals surface area contributed by atoms with Crippen LogP contribution in [0.1, 0.15) is 91.3 Å². The molecular weight excluding hydrogens is 856 g/mol. The molecule has 2 heterocycles. The van der Waals surface area contributed by atoms with Crippen molar-refractivity contribution in [3.63, 3.8) is 0 Å².